The molecule has 1 saturated heterocycles. The number of amides is 1. The zero-order valence-electron chi connectivity index (χ0n) is 24.6. The molecular weight excluding hydrogens is 498 g/mol. The number of nitrogens with zero attached hydrogens (tertiary/aromatic N) is 3. The second kappa shape index (κ2) is 12.2. The molecule has 3 heterocycles. The molecule has 1 amide bonds. The molecule has 1 aromatic carbocycles. The molecule has 0 bridgehead atoms. The van der Waals surface area contributed by atoms with E-state index in [1.807, 2.05) is 32.2 Å². The van der Waals surface area contributed by atoms with Gasteiger partial charge in [-0.3, -0.25) is 14.6 Å². The summed E-state index contributed by atoms with van der Waals surface area (Å²) in [4.78, 5) is 40.7. The Morgan fingerprint density at radius 1 is 1.12 bits per heavy atom. The zero-order valence-corrected chi connectivity index (χ0v) is 24.6. The molecule has 3 aromatic rings. The average molecular weight is 544 g/mol. The first-order valence-corrected chi connectivity index (χ1v) is 15.3. The Kier molecular flexibility index (Phi) is 8.69. The maximum absolute atomic E-state index is 13.5. The van der Waals surface area contributed by atoms with Gasteiger partial charge in [0.05, 0.1) is 23.4 Å². The topological polar surface area (TPSA) is 91.0 Å². The SMILES string of the molecule is CCC(=O)CCCCC[C@H](NC(=O)[C@H]1CC12CCN(C(C)C)CC2)c1ncc(-c2ccc3nc(C)ccc3c2)[nH]1. The quantitative estimate of drug-likeness (QED) is 0.253. The van der Waals surface area contributed by atoms with E-state index in [0.29, 0.717) is 24.7 Å². The Morgan fingerprint density at radius 3 is 2.67 bits per heavy atom. The number of likely N-dealkylation sites (tertiary alicyclic amines) is 1. The zero-order chi connectivity index (χ0) is 28.3. The molecule has 214 valence electrons. The monoisotopic (exact) mass is 543 g/mol. The number of aryl methyl sites for hydroxylation is 1. The molecular formula is C33H45N5O2. The second-order valence-corrected chi connectivity index (χ2v) is 12.3. The lowest BCUT2D eigenvalue weighted by molar-refractivity contribution is -0.124. The van der Waals surface area contributed by atoms with E-state index in [4.69, 9.17) is 4.98 Å². The largest absolute Gasteiger partial charge is 0.346 e. The summed E-state index contributed by atoms with van der Waals surface area (Å²) in [6.45, 7) is 10.6. The van der Waals surface area contributed by atoms with E-state index in [2.05, 4.69) is 52.2 Å². The van der Waals surface area contributed by atoms with Crippen molar-refractivity contribution in [2.45, 2.75) is 97.6 Å². The van der Waals surface area contributed by atoms with Crippen LogP contribution in [0.25, 0.3) is 22.2 Å². The fourth-order valence-electron chi connectivity index (χ4n) is 6.39. The minimum Gasteiger partial charge on any atom is -0.346 e. The Bertz CT molecular complexity index is 1340. The molecule has 2 atom stereocenters. The standard InChI is InChI=1S/C33H45N5O2/c1-5-26(39)9-7-6-8-10-29(37-32(40)27-20-33(27)15-17-38(18-16-33)22(2)3)31-34-21-30(36-31)25-13-14-28-24(19-25)12-11-23(4)35-28/h11-14,19,21-22,27,29H,5-10,15-18,20H2,1-4H3,(H,34,36)(H,37,40)/t27-,29+/m1/s1. The fraction of sp³-hybridized carbons (Fsp3) is 0.576. The molecule has 40 heavy (non-hydrogen) atoms. The van der Waals surface area contributed by atoms with Crippen LogP contribution in [0.5, 0.6) is 0 Å². The van der Waals surface area contributed by atoms with Crippen LogP contribution in [0.1, 0.15) is 96.1 Å². The molecule has 1 spiro atoms. The number of rotatable bonds is 12. The third-order valence-corrected chi connectivity index (χ3v) is 9.25. The lowest BCUT2D eigenvalue weighted by atomic mass is 9.90. The summed E-state index contributed by atoms with van der Waals surface area (Å²) >= 11 is 0. The molecule has 1 saturated carbocycles. The molecule has 7 nitrogen and oxygen atoms in total. The maximum Gasteiger partial charge on any atom is 0.224 e. The Labute approximate surface area is 238 Å². The number of Topliss-reactive ketones (excluding diaryl/α,β-unsaturated/α-hetero) is 1. The smallest absolute Gasteiger partial charge is 0.224 e. The summed E-state index contributed by atoms with van der Waals surface area (Å²) in [5.41, 5.74) is 4.16. The van der Waals surface area contributed by atoms with E-state index in [0.717, 1.165) is 91.7 Å². The van der Waals surface area contributed by atoms with Gasteiger partial charge >= 0.3 is 0 Å². The highest BCUT2D eigenvalue weighted by Gasteiger charge is 2.58. The predicted molar refractivity (Wildman–Crippen MR) is 160 cm³/mol. The number of hydrogen-bond donors (Lipinski definition) is 2. The molecule has 2 aromatic heterocycles. The van der Waals surface area contributed by atoms with Crippen molar-refractivity contribution in [1.82, 2.24) is 25.2 Å². The van der Waals surface area contributed by atoms with Crippen LogP contribution in [-0.4, -0.2) is 50.7 Å². The molecule has 1 aliphatic carbocycles. The second-order valence-electron chi connectivity index (χ2n) is 12.3. The van der Waals surface area contributed by atoms with Gasteiger partial charge in [-0.15, -0.1) is 0 Å². The first kappa shape index (κ1) is 28.5. The van der Waals surface area contributed by atoms with Gasteiger partial charge in [0.15, 0.2) is 0 Å². The van der Waals surface area contributed by atoms with Gasteiger partial charge in [-0.2, -0.15) is 0 Å². The van der Waals surface area contributed by atoms with Crippen molar-refractivity contribution < 1.29 is 9.59 Å². The number of carbonyl (C=O) groups excluding carboxylic acids is 2. The van der Waals surface area contributed by atoms with Crippen LogP contribution in [0.2, 0.25) is 0 Å². The number of H-pyrrole nitrogens is 1. The summed E-state index contributed by atoms with van der Waals surface area (Å²) in [5.74, 6) is 1.41. The lowest BCUT2D eigenvalue weighted by Gasteiger charge is -2.35. The normalized spacial score (nSPS) is 19.3. The van der Waals surface area contributed by atoms with E-state index < -0.39 is 0 Å². The van der Waals surface area contributed by atoms with Crippen molar-refractivity contribution in [2.24, 2.45) is 11.3 Å². The number of hydrogen-bond acceptors (Lipinski definition) is 5. The summed E-state index contributed by atoms with van der Waals surface area (Å²) in [7, 11) is 0. The highest BCUT2D eigenvalue weighted by Crippen LogP contribution is 2.59. The highest BCUT2D eigenvalue weighted by atomic mass is 16.2. The van der Waals surface area contributed by atoms with Crippen molar-refractivity contribution in [1.29, 1.82) is 0 Å². The molecule has 0 unspecified atom stereocenters. The minimum absolute atomic E-state index is 0.109. The number of pyridine rings is 1. The summed E-state index contributed by atoms with van der Waals surface area (Å²) in [6.07, 6.45) is 9.98. The van der Waals surface area contributed by atoms with Gasteiger partial charge < -0.3 is 15.2 Å². The Balaban J connectivity index is 1.27. The van der Waals surface area contributed by atoms with Crippen molar-refractivity contribution in [3.8, 4) is 11.3 Å². The van der Waals surface area contributed by atoms with Gasteiger partial charge in [-0.25, -0.2) is 4.98 Å². The van der Waals surface area contributed by atoms with Gasteiger partial charge in [0.25, 0.3) is 0 Å². The number of aromatic nitrogens is 3. The predicted octanol–water partition coefficient (Wildman–Crippen LogP) is 6.53. The van der Waals surface area contributed by atoms with E-state index in [-0.39, 0.29) is 23.3 Å². The molecule has 2 fully saturated rings. The van der Waals surface area contributed by atoms with Crippen LogP contribution in [0.4, 0.5) is 0 Å². The fourth-order valence-corrected chi connectivity index (χ4v) is 6.39. The lowest BCUT2D eigenvalue weighted by Crippen LogP contribution is -2.41. The van der Waals surface area contributed by atoms with E-state index in [1.165, 1.54) is 0 Å². The van der Waals surface area contributed by atoms with Gasteiger partial charge in [-0.1, -0.05) is 31.9 Å². The van der Waals surface area contributed by atoms with Crippen molar-refractivity contribution in [3.63, 3.8) is 0 Å². The molecule has 5 rings (SSSR count). The number of benzene rings is 1. The summed E-state index contributed by atoms with van der Waals surface area (Å²) in [6, 6.07) is 10.8. The molecule has 1 aliphatic heterocycles. The first-order valence-electron chi connectivity index (χ1n) is 15.3. The molecule has 7 heteroatoms. The Hall–Kier alpha value is -3.06. The van der Waals surface area contributed by atoms with Crippen molar-refractivity contribution in [2.75, 3.05) is 13.1 Å². The number of nitrogens with one attached hydrogen (secondary N) is 2. The van der Waals surface area contributed by atoms with Crippen LogP contribution in [-0.2, 0) is 9.59 Å². The van der Waals surface area contributed by atoms with E-state index in [9.17, 15) is 9.59 Å². The average Bonchev–Trinajstić information content (AvgIpc) is 3.41. The van der Waals surface area contributed by atoms with Crippen molar-refractivity contribution in [3.05, 3.63) is 48.0 Å². The van der Waals surface area contributed by atoms with E-state index in [1.54, 1.807) is 0 Å². The maximum atomic E-state index is 13.5. The Morgan fingerprint density at radius 2 is 1.93 bits per heavy atom. The molecule has 2 aliphatic rings. The van der Waals surface area contributed by atoms with Gasteiger partial charge in [0.1, 0.15) is 11.6 Å². The van der Waals surface area contributed by atoms with Crippen LogP contribution in [0.15, 0.2) is 36.5 Å². The molecule has 2 N–H and O–H groups in total. The number of fused-ring (bicyclic) bond motifs is 1. The van der Waals surface area contributed by atoms with E-state index >= 15 is 0 Å². The van der Waals surface area contributed by atoms with Crippen LogP contribution in [0, 0.1) is 18.3 Å². The third-order valence-electron chi connectivity index (χ3n) is 9.25. The molecule has 0 radical (unpaired) electrons. The third kappa shape index (κ3) is 6.46. The number of imidazole rings is 1. The van der Waals surface area contributed by atoms with Gasteiger partial charge in [-0.05, 0) is 89.6 Å². The summed E-state index contributed by atoms with van der Waals surface area (Å²) in [5, 5.41) is 4.48. The highest BCUT2D eigenvalue weighted by molar-refractivity contribution is 5.84. The van der Waals surface area contributed by atoms with Crippen LogP contribution in [0.3, 0.4) is 0 Å². The van der Waals surface area contributed by atoms with Gasteiger partial charge in [0, 0.05) is 41.4 Å². The number of unbranched alkanes of at least 4 members (excludes halogenated alkanes) is 2. The number of aromatic amines is 1. The first-order chi connectivity index (χ1) is 19.3. The minimum atomic E-state index is -0.165. The summed E-state index contributed by atoms with van der Waals surface area (Å²) < 4.78 is 0. The van der Waals surface area contributed by atoms with Crippen LogP contribution < -0.4 is 5.32 Å². The number of carbonyl (C=O) groups is 2. The van der Waals surface area contributed by atoms with Crippen molar-refractivity contribution >= 4 is 22.6 Å². The van der Waals surface area contributed by atoms with Crippen LogP contribution >= 0.6 is 0 Å². The number of ketones is 1. The number of piperidine rings is 1. The van der Waals surface area contributed by atoms with Gasteiger partial charge in [0.2, 0.25) is 5.91 Å².